The molecule has 0 saturated carbocycles. The van der Waals surface area contributed by atoms with Crippen LogP contribution in [-0.2, 0) is 9.59 Å². The number of amides is 3. The average molecular weight is 245 g/mol. The zero-order valence-corrected chi connectivity index (χ0v) is 10.3. The Bertz CT molecular complexity index is 306. The van der Waals surface area contributed by atoms with Crippen LogP contribution < -0.4 is 16.0 Å². The molecule has 0 aliphatic carbocycles. The van der Waals surface area contributed by atoms with Gasteiger partial charge in [-0.05, 0) is 13.3 Å². The van der Waals surface area contributed by atoms with Crippen LogP contribution in [0, 0.1) is 0 Å². The summed E-state index contributed by atoms with van der Waals surface area (Å²) >= 11 is 0. The minimum absolute atomic E-state index is 0.153. The summed E-state index contributed by atoms with van der Waals surface area (Å²) in [7, 11) is 1.50. The molecule has 0 aromatic carbocycles. The predicted octanol–water partition coefficient (Wildman–Crippen LogP) is -0.325. The van der Waals surface area contributed by atoms with E-state index >= 15 is 0 Å². The molecule has 0 spiro atoms. The fourth-order valence-electron chi connectivity index (χ4n) is 1.00. The van der Waals surface area contributed by atoms with Gasteiger partial charge in [-0.2, -0.15) is 0 Å². The van der Waals surface area contributed by atoms with Gasteiger partial charge in [0.2, 0.25) is 5.91 Å². The number of carbonyl (C=O) groups excluding carboxylic acids is 2. The van der Waals surface area contributed by atoms with Crippen molar-refractivity contribution in [1.29, 1.82) is 0 Å². The molecule has 7 heteroatoms. The normalized spacial score (nSPS) is 13.4. The fourth-order valence-corrected chi connectivity index (χ4v) is 1.00. The number of nitrogens with one attached hydrogen (secondary N) is 3. The molecule has 0 aromatic rings. The molecule has 0 saturated heterocycles. The lowest BCUT2D eigenvalue weighted by Gasteiger charge is -2.24. The number of rotatable bonds is 6. The van der Waals surface area contributed by atoms with Gasteiger partial charge in [-0.15, -0.1) is 0 Å². The molecular formula is C10H19N3O4. The number of hydrogen-bond donors (Lipinski definition) is 4. The van der Waals surface area contributed by atoms with Crippen molar-refractivity contribution in [2.75, 3.05) is 13.6 Å². The summed E-state index contributed by atoms with van der Waals surface area (Å²) in [6.07, 6.45) is 0.422. The van der Waals surface area contributed by atoms with Gasteiger partial charge < -0.3 is 21.1 Å². The first-order valence-electron chi connectivity index (χ1n) is 5.35. The summed E-state index contributed by atoms with van der Waals surface area (Å²) in [6, 6.07) is -0.597. The molecule has 1 unspecified atom stereocenters. The van der Waals surface area contributed by atoms with Gasteiger partial charge in [-0.25, -0.2) is 9.59 Å². The van der Waals surface area contributed by atoms with Gasteiger partial charge in [0.25, 0.3) is 0 Å². The molecule has 17 heavy (non-hydrogen) atoms. The second-order valence-corrected chi connectivity index (χ2v) is 3.79. The van der Waals surface area contributed by atoms with Gasteiger partial charge in [0.05, 0.1) is 0 Å². The second-order valence-electron chi connectivity index (χ2n) is 3.79. The van der Waals surface area contributed by atoms with Crippen molar-refractivity contribution in [3.05, 3.63) is 0 Å². The van der Waals surface area contributed by atoms with E-state index in [1.807, 2.05) is 0 Å². The number of urea groups is 1. The molecule has 0 aliphatic rings. The van der Waals surface area contributed by atoms with Crippen molar-refractivity contribution < 1.29 is 19.5 Å². The molecule has 7 nitrogen and oxygen atoms in total. The van der Waals surface area contributed by atoms with Crippen molar-refractivity contribution in [2.24, 2.45) is 0 Å². The van der Waals surface area contributed by atoms with E-state index in [1.54, 1.807) is 6.92 Å². The summed E-state index contributed by atoms with van der Waals surface area (Å²) < 4.78 is 0. The Labute approximate surface area is 100.0 Å². The highest BCUT2D eigenvalue weighted by molar-refractivity contribution is 5.86. The molecule has 0 radical (unpaired) electrons. The molecule has 0 aliphatic heterocycles. The van der Waals surface area contributed by atoms with Gasteiger partial charge in [0, 0.05) is 20.0 Å². The molecular weight excluding hydrogens is 226 g/mol. The van der Waals surface area contributed by atoms with Crippen LogP contribution in [0.4, 0.5) is 4.79 Å². The molecule has 0 rings (SSSR count). The third kappa shape index (κ3) is 5.19. The molecule has 4 N–H and O–H groups in total. The van der Waals surface area contributed by atoms with Crippen molar-refractivity contribution >= 4 is 17.9 Å². The quantitative estimate of drug-likeness (QED) is 0.514. The van der Waals surface area contributed by atoms with Crippen molar-refractivity contribution in [2.45, 2.75) is 32.2 Å². The first-order chi connectivity index (χ1) is 7.85. The highest BCUT2D eigenvalue weighted by atomic mass is 16.4. The molecule has 0 bridgehead atoms. The Balaban J connectivity index is 4.09. The third-order valence-corrected chi connectivity index (χ3v) is 2.49. The summed E-state index contributed by atoms with van der Waals surface area (Å²) in [5.41, 5.74) is -1.29. The minimum atomic E-state index is -1.29. The maximum absolute atomic E-state index is 11.4. The first kappa shape index (κ1) is 15.2. The smallest absolute Gasteiger partial charge is 0.329 e. The molecule has 0 fully saturated rings. The molecule has 98 valence electrons. The van der Waals surface area contributed by atoms with E-state index in [9.17, 15) is 14.4 Å². The van der Waals surface area contributed by atoms with Gasteiger partial charge in [0.1, 0.15) is 5.54 Å². The highest BCUT2D eigenvalue weighted by Gasteiger charge is 2.32. The number of carbonyl (C=O) groups is 3. The van der Waals surface area contributed by atoms with E-state index in [1.165, 1.54) is 14.0 Å². The van der Waals surface area contributed by atoms with Crippen LogP contribution in [0.15, 0.2) is 0 Å². The Morgan fingerprint density at radius 1 is 1.29 bits per heavy atom. The van der Waals surface area contributed by atoms with Crippen LogP contribution in [0.5, 0.6) is 0 Å². The van der Waals surface area contributed by atoms with Crippen LogP contribution in [0.2, 0.25) is 0 Å². The van der Waals surface area contributed by atoms with E-state index in [0.717, 1.165) is 0 Å². The lowest BCUT2D eigenvalue weighted by Crippen LogP contribution is -2.55. The summed E-state index contributed by atoms with van der Waals surface area (Å²) in [6.45, 7) is 3.25. The standard InChI is InChI=1S/C10H19N3O4/c1-4-10(2,8(15)16)13-9(17)12-6-5-7(14)11-3/h4-6H2,1-3H3,(H,11,14)(H,15,16)(H2,12,13,17). The number of aliphatic carboxylic acids is 1. The maximum atomic E-state index is 11.4. The van der Waals surface area contributed by atoms with Gasteiger partial charge in [-0.1, -0.05) is 6.92 Å². The Hall–Kier alpha value is -1.79. The van der Waals surface area contributed by atoms with E-state index in [4.69, 9.17) is 5.11 Å². The van der Waals surface area contributed by atoms with Crippen LogP contribution in [0.3, 0.4) is 0 Å². The summed E-state index contributed by atoms with van der Waals surface area (Å²) in [4.78, 5) is 33.2. The minimum Gasteiger partial charge on any atom is -0.480 e. The Morgan fingerprint density at radius 3 is 2.29 bits per heavy atom. The second kappa shape index (κ2) is 6.72. The number of carboxylic acid groups (broad SMARTS) is 1. The summed E-state index contributed by atoms with van der Waals surface area (Å²) in [5, 5.41) is 16.1. The van der Waals surface area contributed by atoms with Gasteiger partial charge >= 0.3 is 12.0 Å². The topological polar surface area (TPSA) is 108 Å². The summed E-state index contributed by atoms with van der Waals surface area (Å²) in [5.74, 6) is -1.29. The zero-order valence-electron chi connectivity index (χ0n) is 10.3. The van der Waals surface area contributed by atoms with E-state index in [0.29, 0.717) is 0 Å². The van der Waals surface area contributed by atoms with E-state index in [2.05, 4.69) is 16.0 Å². The van der Waals surface area contributed by atoms with E-state index < -0.39 is 17.5 Å². The monoisotopic (exact) mass is 245 g/mol. The zero-order chi connectivity index (χ0) is 13.5. The van der Waals surface area contributed by atoms with Crippen molar-refractivity contribution in [3.63, 3.8) is 0 Å². The number of hydrogen-bond acceptors (Lipinski definition) is 3. The van der Waals surface area contributed by atoms with Crippen molar-refractivity contribution in [1.82, 2.24) is 16.0 Å². The van der Waals surface area contributed by atoms with Crippen LogP contribution in [0.1, 0.15) is 26.7 Å². The number of carboxylic acids is 1. The lowest BCUT2D eigenvalue weighted by molar-refractivity contribution is -0.143. The predicted molar refractivity (Wildman–Crippen MR) is 61.5 cm³/mol. The molecule has 1 atom stereocenters. The fraction of sp³-hybridized carbons (Fsp3) is 0.700. The van der Waals surface area contributed by atoms with Crippen LogP contribution in [-0.4, -0.2) is 42.1 Å². The van der Waals surface area contributed by atoms with Crippen LogP contribution in [0.25, 0.3) is 0 Å². The first-order valence-corrected chi connectivity index (χ1v) is 5.35. The average Bonchev–Trinajstić information content (AvgIpc) is 2.28. The van der Waals surface area contributed by atoms with Gasteiger partial charge in [-0.3, -0.25) is 4.79 Å². The molecule has 3 amide bonds. The van der Waals surface area contributed by atoms with Crippen molar-refractivity contribution in [3.8, 4) is 0 Å². The van der Waals surface area contributed by atoms with Crippen LogP contribution >= 0.6 is 0 Å². The highest BCUT2D eigenvalue weighted by Crippen LogP contribution is 2.08. The third-order valence-electron chi connectivity index (χ3n) is 2.49. The largest absolute Gasteiger partial charge is 0.480 e. The van der Waals surface area contributed by atoms with E-state index in [-0.39, 0.29) is 25.3 Å². The lowest BCUT2D eigenvalue weighted by atomic mass is 10.00. The maximum Gasteiger partial charge on any atom is 0.329 e. The Morgan fingerprint density at radius 2 is 1.88 bits per heavy atom. The molecule has 0 aromatic heterocycles. The molecule has 0 heterocycles. The SMILES string of the molecule is CCC(C)(NC(=O)NCCC(=O)NC)C(=O)O. The Kier molecular flexibility index (Phi) is 6.01. The van der Waals surface area contributed by atoms with Gasteiger partial charge in [0.15, 0.2) is 0 Å².